The van der Waals surface area contributed by atoms with Crippen molar-refractivity contribution < 1.29 is 4.57 Å². The maximum Gasteiger partial charge on any atom is 0.261 e. The molecule has 1 aromatic heterocycles. The zero-order valence-electron chi connectivity index (χ0n) is 14.7. The molecule has 3 rings (SSSR count). The monoisotopic (exact) mass is 319 g/mol. The molecule has 0 atom stereocenters. The highest BCUT2D eigenvalue weighted by atomic mass is 15.2. The average molecular weight is 319 g/mol. The lowest BCUT2D eigenvalue weighted by molar-refractivity contribution is -0.703. The summed E-state index contributed by atoms with van der Waals surface area (Å²) in [6.45, 7) is 5.57. The van der Waals surface area contributed by atoms with Gasteiger partial charge in [-0.2, -0.15) is 0 Å². The summed E-state index contributed by atoms with van der Waals surface area (Å²) in [6.07, 6.45) is 7.75. The van der Waals surface area contributed by atoms with Gasteiger partial charge in [0, 0.05) is 0 Å². The third kappa shape index (κ3) is 4.14. The van der Waals surface area contributed by atoms with E-state index in [1.165, 1.54) is 23.4 Å². The molecule has 0 N–H and O–H groups in total. The van der Waals surface area contributed by atoms with Gasteiger partial charge in [-0.3, -0.25) is 0 Å². The summed E-state index contributed by atoms with van der Waals surface area (Å²) in [4.78, 5) is 0. The number of nitrogens with zero attached hydrogens (tertiary/aromatic N) is 2. The Morgan fingerprint density at radius 2 is 1.50 bits per heavy atom. The molecule has 2 aromatic carbocycles. The van der Waals surface area contributed by atoms with Crippen molar-refractivity contribution in [3.05, 3.63) is 90.0 Å². The maximum absolute atomic E-state index is 2.43. The van der Waals surface area contributed by atoms with Gasteiger partial charge in [-0.15, -0.1) is 0 Å². The number of hydrogen-bond acceptors (Lipinski definition) is 0. The number of benzene rings is 2. The Kier molecular flexibility index (Phi) is 5.47. The van der Waals surface area contributed by atoms with Crippen molar-refractivity contribution in [3.63, 3.8) is 0 Å². The van der Waals surface area contributed by atoms with E-state index in [1.54, 1.807) is 0 Å². The molecule has 0 saturated carbocycles. The fourth-order valence-electron chi connectivity index (χ4n) is 3.22. The first kappa shape index (κ1) is 16.5. The Labute approximate surface area is 145 Å². The van der Waals surface area contributed by atoms with Crippen LogP contribution in [0.3, 0.4) is 0 Å². The normalized spacial score (nSPS) is 11.1. The molecule has 24 heavy (non-hydrogen) atoms. The van der Waals surface area contributed by atoms with Crippen molar-refractivity contribution in [2.45, 2.75) is 45.7 Å². The molecule has 0 aliphatic rings. The molecule has 1 heterocycles. The maximum atomic E-state index is 2.43. The molecule has 0 fully saturated rings. The SMILES string of the molecule is CC(C)n1cc[n+](CCCc2ccccc2)c1Cc1ccccc1. The third-order valence-electron chi connectivity index (χ3n) is 4.51. The van der Waals surface area contributed by atoms with E-state index in [9.17, 15) is 0 Å². The van der Waals surface area contributed by atoms with E-state index in [0.717, 1.165) is 19.4 Å². The summed E-state index contributed by atoms with van der Waals surface area (Å²) in [5, 5.41) is 0. The molecule has 0 aliphatic heterocycles. The lowest BCUT2D eigenvalue weighted by atomic mass is 10.1. The Bertz CT molecular complexity index is 742. The van der Waals surface area contributed by atoms with Gasteiger partial charge in [0.05, 0.1) is 19.0 Å². The lowest BCUT2D eigenvalue weighted by Crippen LogP contribution is -2.38. The van der Waals surface area contributed by atoms with Gasteiger partial charge in [0.2, 0.25) is 0 Å². The third-order valence-corrected chi connectivity index (χ3v) is 4.51. The van der Waals surface area contributed by atoms with Crippen LogP contribution in [-0.4, -0.2) is 4.57 Å². The highest BCUT2D eigenvalue weighted by molar-refractivity contribution is 5.18. The first-order valence-corrected chi connectivity index (χ1v) is 8.91. The molecule has 2 nitrogen and oxygen atoms in total. The minimum absolute atomic E-state index is 0.485. The van der Waals surface area contributed by atoms with Crippen LogP contribution in [0.4, 0.5) is 0 Å². The average Bonchev–Trinajstić information content (AvgIpc) is 3.00. The van der Waals surface area contributed by atoms with Crippen LogP contribution in [-0.2, 0) is 19.4 Å². The van der Waals surface area contributed by atoms with Gasteiger partial charge in [-0.25, -0.2) is 9.13 Å². The van der Waals surface area contributed by atoms with Crippen molar-refractivity contribution in [1.82, 2.24) is 4.57 Å². The van der Waals surface area contributed by atoms with E-state index < -0.39 is 0 Å². The molecule has 0 bridgehead atoms. The van der Waals surface area contributed by atoms with Crippen LogP contribution in [0.25, 0.3) is 0 Å². The number of imidazole rings is 1. The Hall–Kier alpha value is -2.35. The van der Waals surface area contributed by atoms with Gasteiger partial charge < -0.3 is 0 Å². The largest absolute Gasteiger partial charge is 0.261 e. The summed E-state index contributed by atoms with van der Waals surface area (Å²) in [6, 6.07) is 22.0. The lowest BCUT2D eigenvalue weighted by Gasteiger charge is -2.08. The Balaban J connectivity index is 1.72. The highest BCUT2D eigenvalue weighted by Gasteiger charge is 2.19. The quantitative estimate of drug-likeness (QED) is 0.564. The standard InChI is InChI=1S/C22H27N2/c1-19(2)24-17-16-23(15-9-14-20-10-5-3-6-11-20)22(24)18-21-12-7-4-8-13-21/h3-8,10-13,16-17,19H,9,14-15,18H2,1-2H3/q+1. The summed E-state index contributed by atoms with van der Waals surface area (Å²) < 4.78 is 4.82. The molecular weight excluding hydrogens is 292 g/mol. The molecule has 0 unspecified atom stereocenters. The Morgan fingerprint density at radius 3 is 2.12 bits per heavy atom. The van der Waals surface area contributed by atoms with Crippen LogP contribution in [0.15, 0.2) is 73.1 Å². The van der Waals surface area contributed by atoms with Crippen LogP contribution in [0, 0.1) is 0 Å². The van der Waals surface area contributed by atoms with E-state index in [2.05, 4.69) is 96.0 Å². The number of hydrogen-bond donors (Lipinski definition) is 0. The van der Waals surface area contributed by atoms with Crippen LogP contribution < -0.4 is 4.57 Å². The number of rotatable bonds is 7. The van der Waals surface area contributed by atoms with Gasteiger partial charge >= 0.3 is 0 Å². The molecule has 0 radical (unpaired) electrons. The summed E-state index contributed by atoms with van der Waals surface area (Å²) >= 11 is 0. The second-order valence-electron chi connectivity index (χ2n) is 6.66. The van der Waals surface area contributed by atoms with E-state index >= 15 is 0 Å². The van der Waals surface area contributed by atoms with Crippen molar-refractivity contribution >= 4 is 0 Å². The predicted octanol–water partition coefficient (Wildman–Crippen LogP) is 4.58. The van der Waals surface area contributed by atoms with Gasteiger partial charge in [-0.05, 0) is 37.8 Å². The van der Waals surface area contributed by atoms with Gasteiger partial charge in [0.15, 0.2) is 0 Å². The number of aromatic nitrogens is 2. The summed E-state index contributed by atoms with van der Waals surface area (Å²) in [7, 11) is 0. The van der Waals surface area contributed by atoms with Gasteiger partial charge in [0.1, 0.15) is 12.4 Å². The van der Waals surface area contributed by atoms with Gasteiger partial charge in [0.25, 0.3) is 5.82 Å². The Morgan fingerprint density at radius 1 is 0.875 bits per heavy atom. The molecule has 124 valence electrons. The fraction of sp³-hybridized carbons (Fsp3) is 0.318. The molecule has 0 amide bonds. The van der Waals surface area contributed by atoms with Crippen molar-refractivity contribution in [2.24, 2.45) is 0 Å². The van der Waals surface area contributed by atoms with Crippen LogP contribution in [0.1, 0.15) is 43.3 Å². The highest BCUT2D eigenvalue weighted by Crippen LogP contribution is 2.12. The molecular formula is C22H27N2+. The van der Waals surface area contributed by atoms with E-state index in [4.69, 9.17) is 0 Å². The van der Waals surface area contributed by atoms with E-state index in [-0.39, 0.29) is 0 Å². The topological polar surface area (TPSA) is 8.81 Å². The second-order valence-corrected chi connectivity index (χ2v) is 6.66. The van der Waals surface area contributed by atoms with E-state index in [1.807, 2.05) is 0 Å². The van der Waals surface area contributed by atoms with Crippen molar-refractivity contribution in [1.29, 1.82) is 0 Å². The molecule has 2 heteroatoms. The summed E-state index contributed by atoms with van der Waals surface area (Å²) in [5.41, 5.74) is 2.79. The van der Waals surface area contributed by atoms with E-state index in [0.29, 0.717) is 6.04 Å². The zero-order chi connectivity index (χ0) is 16.8. The minimum atomic E-state index is 0.485. The zero-order valence-corrected chi connectivity index (χ0v) is 14.7. The fourth-order valence-corrected chi connectivity index (χ4v) is 3.22. The molecule has 0 aliphatic carbocycles. The first-order chi connectivity index (χ1) is 11.7. The number of aryl methyl sites for hydroxylation is 2. The minimum Gasteiger partial charge on any atom is -0.234 e. The molecule has 3 aromatic rings. The van der Waals surface area contributed by atoms with Crippen LogP contribution >= 0.6 is 0 Å². The van der Waals surface area contributed by atoms with Crippen LogP contribution in [0.5, 0.6) is 0 Å². The van der Waals surface area contributed by atoms with Gasteiger partial charge in [-0.1, -0.05) is 60.7 Å². The first-order valence-electron chi connectivity index (χ1n) is 8.91. The van der Waals surface area contributed by atoms with Crippen molar-refractivity contribution in [3.8, 4) is 0 Å². The predicted molar refractivity (Wildman–Crippen MR) is 99.0 cm³/mol. The smallest absolute Gasteiger partial charge is 0.234 e. The molecule has 0 spiro atoms. The second kappa shape index (κ2) is 7.96. The summed E-state index contributed by atoms with van der Waals surface area (Å²) in [5.74, 6) is 1.39. The molecule has 0 saturated heterocycles. The van der Waals surface area contributed by atoms with Crippen molar-refractivity contribution in [2.75, 3.05) is 0 Å². The van der Waals surface area contributed by atoms with Crippen LogP contribution in [0.2, 0.25) is 0 Å².